The summed E-state index contributed by atoms with van der Waals surface area (Å²) in [6.07, 6.45) is -0.453. The monoisotopic (exact) mass is 272 g/mol. The summed E-state index contributed by atoms with van der Waals surface area (Å²) in [7, 11) is 0. The molecule has 2 aromatic rings. The highest BCUT2D eigenvalue weighted by Crippen LogP contribution is 2.35. The minimum Gasteiger partial charge on any atom is -0.507 e. The van der Waals surface area contributed by atoms with Crippen LogP contribution in [0.25, 0.3) is 0 Å². The lowest BCUT2D eigenvalue weighted by Gasteiger charge is -2.13. The maximum absolute atomic E-state index is 12.3. The second kappa shape index (κ2) is 4.31. The third-order valence-corrected chi connectivity index (χ3v) is 3.43. The molecule has 0 radical (unpaired) electrons. The van der Waals surface area contributed by atoms with Gasteiger partial charge in [0.05, 0.1) is 11.1 Å². The number of phenolic OH excluding ortho intramolecular Hbond substituents is 1. The van der Waals surface area contributed by atoms with E-state index in [0.717, 1.165) is 0 Å². The second-order valence-electron chi connectivity index (χ2n) is 4.67. The first-order valence-corrected chi connectivity index (χ1v) is 6.27. The van der Waals surface area contributed by atoms with Gasteiger partial charge < -0.3 is 14.6 Å². The average Bonchev–Trinajstić information content (AvgIpc) is 2.89. The van der Waals surface area contributed by atoms with Crippen LogP contribution in [0.5, 0.6) is 5.75 Å². The molecule has 0 bridgehead atoms. The van der Waals surface area contributed by atoms with Gasteiger partial charge >= 0.3 is 0 Å². The van der Waals surface area contributed by atoms with Crippen LogP contribution in [0.2, 0.25) is 0 Å². The van der Waals surface area contributed by atoms with E-state index >= 15 is 0 Å². The fraction of sp³-hybridized carbons (Fsp3) is 0.200. The van der Waals surface area contributed by atoms with E-state index in [1.54, 1.807) is 6.92 Å². The van der Waals surface area contributed by atoms with Crippen molar-refractivity contribution in [1.29, 1.82) is 0 Å². The molecule has 1 aromatic heterocycles. The van der Waals surface area contributed by atoms with Gasteiger partial charge in [0.2, 0.25) is 11.6 Å². The fourth-order valence-corrected chi connectivity index (χ4v) is 2.34. The molecule has 0 spiro atoms. The Kier molecular flexibility index (Phi) is 2.72. The van der Waals surface area contributed by atoms with Gasteiger partial charge in [0.15, 0.2) is 5.76 Å². The van der Waals surface area contributed by atoms with E-state index in [-0.39, 0.29) is 34.0 Å². The number of aliphatic hydroxyl groups is 1. The van der Waals surface area contributed by atoms with Gasteiger partial charge in [0, 0.05) is 5.56 Å². The molecule has 1 aromatic carbocycles. The van der Waals surface area contributed by atoms with Crippen molar-refractivity contribution in [3.63, 3.8) is 0 Å². The number of furan rings is 1. The van der Waals surface area contributed by atoms with Crippen LogP contribution in [0.4, 0.5) is 0 Å². The third kappa shape index (κ3) is 1.60. The largest absolute Gasteiger partial charge is 0.507 e. The predicted molar refractivity (Wildman–Crippen MR) is 68.9 cm³/mol. The van der Waals surface area contributed by atoms with E-state index in [9.17, 15) is 19.8 Å². The number of carbonyl (C=O) groups is 2. The number of fused-ring (bicyclic) bond motifs is 2. The van der Waals surface area contributed by atoms with E-state index in [1.807, 2.05) is 0 Å². The van der Waals surface area contributed by atoms with E-state index in [4.69, 9.17) is 4.42 Å². The summed E-state index contributed by atoms with van der Waals surface area (Å²) in [5.74, 6) is -1.04. The molecule has 1 atom stereocenters. The summed E-state index contributed by atoms with van der Waals surface area (Å²) >= 11 is 0. The van der Waals surface area contributed by atoms with Crippen molar-refractivity contribution >= 4 is 11.6 Å². The number of ketones is 2. The fourth-order valence-electron chi connectivity index (χ4n) is 2.34. The van der Waals surface area contributed by atoms with Gasteiger partial charge in [0.1, 0.15) is 17.6 Å². The van der Waals surface area contributed by atoms with Crippen molar-refractivity contribution in [2.75, 3.05) is 0 Å². The molecule has 0 saturated carbocycles. The van der Waals surface area contributed by atoms with E-state index in [1.165, 1.54) is 24.3 Å². The molecule has 5 nitrogen and oxygen atoms in total. The van der Waals surface area contributed by atoms with Gasteiger partial charge in [-0.15, -0.1) is 0 Å². The molecular weight excluding hydrogens is 260 g/mol. The van der Waals surface area contributed by atoms with Crippen molar-refractivity contribution in [1.82, 2.24) is 0 Å². The minimum atomic E-state index is -0.863. The number of phenols is 1. The highest BCUT2D eigenvalue weighted by atomic mass is 16.4. The number of aromatic hydroxyl groups is 1. The zero-order chi connectivity index (χ0) is 14.4. The Morgan fingerprint density at radius 2 is 1.95 bits per heavy atom. The SMILES string of the molecule is CCC(O)c1cc2c(o1)C(=O)c1cccc(O)c1C2=O. The van der Waals surface area contributed by atoms with Crippen molar-refractivity contribution in [3.8, 4) is 5.75 Å². The van der Waals surface area contributed by atoms with Gasteiger partial charge in [-0.1, -0.05) is 13.0 Å². The zero-order valence-electron chi connectivity index (χ0n) is 10.7. The molecule has 0 fully saturated rings. The van der Waals surface area contributed by atoms with Crippen LogP contribution in [0, 0.1) is 0 Å². The third-order valence-electron chi connectivity index (χ3n) is 3.43. The summed E-state index contributed by atoms with van der Waals surface area (Å²) in [6.45, 7) is 1.76. The lowest BCUT2D eigenvalue weighted by atomic mass is 9.88. The van der Waals surface area contributed by atoms with Crippen molar-refractivity contribution in [2.24, 2.45) is 0 Å². The Labute approximate surface area is 114 Å². The van der Waals surface area contributed by atoms with E-state index in [2.05, 4.69) is 0 Å². The van der Waals surface area contributed by atoms with E-state index in [0.29, 0.717) is 6.42 Å². The van der Waals surface area contributed by atoms with Crippen LogP contribution < -0.4 is 0 Å². The highest BCUT2D eigenvalue weighted by Gasteiger charge is 2.36. The zero-order valence-corrected chi connectivity index (χ0v) is 10.7. The second-order valence-corrected chi connectivity index (χ2v) is 4.67. The first-order valence-electron chi connectivity index (χ1n) is 6.27. The van der Waals surface area contributed by atoms with E-state index < -0.39 is 17.7 Å². The molecule has 1 unspecified atom stereocenters. The quantitative estimate of drug-likeness (QED) is 0.746. The molecule has 3 rings (SSSR count). The van der Waals surface area contributed by atoms with Crippen LogP contribution in [-0.2, 0) is 0 Å². The predicted octanol–water partition coefficient (Wildman–Crippen LogP) is 2.20. The van der Waals surface area contributed by atoms with Gasteiger partial charge in [0.25, 0.3) is 0 Å². The lowest BCUT2D eigenvalue weighted by Crippen LogP contribution is -2.19. The number of hydrogen-bond acceptors (Lipinski definition) is 5. The number of rotatable bonds is 2. The van der Waals surface area contributed by atoms with Gasteiger partial charge in [-0.2, -0.15) is 0 Å². The first kappa shape index (κ1) is 12.6. The molecule has 0 aliphatic heterocycles. The molecule has 0 amide bonds. The van der Waals surface area contributed by atoms with Crippen LogP contribution in [0.1, 0.15) is 57.2 Å². The molecule has 1 heterocycles. The minimum absolute atomic E-state index is 0.0108. The number of carbonyl (C=O) groups excluding carboxylic acids is 2. The molecule has 1 aliphatic carbocycles. The Morgan fingerprint density at radius 1 is 1.20 bits per heavy atom. The normalized spacial score (nSPS) is 14.9. The highest BCUT2D eigenvalue weighted by molar-refractivity contribution is 6.28. The molecule has 2 N–H and O–H groups in total. The van der Waals surface area contributed by atoms with Crippen molar-refractivity contribution < 1.29 is 24.2 Å². The summed E-state index contributed by atoms with van der Waals surface area (Å²) in [4.78, 5) is 24.6. The molecular formula is C15H12O5. The summed E-state index contributed by atoms with van der Waals surface area (Å²) < 4.78 is 5.34. The summed E-state index contributed by atoms with van der Waals surface area (Å²) in [6, 6.07) is 5.70. The maximum atomic E-state index is 12.3. The number of benzene rings is 1. The number of hydrogen-bond donors (Lipinski definition) is 2. The topological polar surface area (TPSA) is 87.7 Å². The Balaban J connectivity index is 2.21. The standard InChI is InChI=1S/C15H12O5/c1-2-9(16)11-6-8-13(18)12-7(4-3-5-10(12)17)14(19)15(8)20-11/h3-6,9,16-17H,2H2,1H3. The van der Waals surface area contributed by atoms with Crippen LogP contribution in [-0.4, -0.2) is 21.8 Å². The Morgan fingerprint density at radius 3 is 2.65 bits per heavy atom. The smallest absolute Gasteiger partial charge is 0.229 e. The molecule has 102 valence electrons. The Bertz CT molecular complexity index is 726. The van der Waals surface area contributed by atoms with Gasteiger partial charge in [-0.3, -0.25) is 9.59 Å². The van der Waals surface area contributed by atoms with Gasteiger partial charge in [-0.05, 0) is 24.6 Å². The Hall–Kier alpha value is -2.40. The van der Waals surface area contributed by atoms with Crippen LogP contribution in [0.3, 0.4) is 0 Å². The first-order chi connectivity index (χ1) is 9.54. The molecule has 20 heavy (non-hydrogen) atoms. The van der Waals surface area contributed by atoms with Crippen LogP contribution >= 0.6 is 0 Å². The lowest BCUT2D eigenvalue weighted by molar-refractivity contribution is 0.0948. The molecule has 1 aliphatic rings. The van der Waals surface area contributed by atoms with Crippen LogP contribution in [0.15, 0.2) is 28.7 Å². The van der Waals surface area contributed by atoms with Gasteiger partial charge in [-0.25, -0.2) is 0 Å². The maximum Gasteiger partial charge on any atom is 0.229 e. The van der Waals surface area contributed by atoms with Crippen molar-refractivity contribution in [3.05, 3.63) is 52.5 Å². The summed E-state index contributed by atoms with van der Waals surface area (Å²) in [5, 5.41) is 19.5. The average molecular weight is 272 g/mol. The van der Waals surface area contributed by atoms with Crippen molar-refractivity contribution in [2.45, 2.75) is 19.4 Å². The molecule has 0 saturated heterocycles. The number of aliphatic hydroxyl groups excluding tert-OH is 1. The summed E-state index contributed by atoms with van der Waals surface area (Å²) in [5.41, 5.74) is 0.198. The molecule has 5 heteroatoms.